The third kappa shape index (κ3) is 11.2. The Balaban J connectivity index is 0.000000243. The summed E-state index contributed by atoms with van der Waals surface area (Å²) in [6, 6.07) is 11.8. The molecule has 40 heavy (non-hydrogen) atoms. The second-order valence-electron chi connectivity index (χ2n) is 9.52. The zero-order valence-electron chi connectivity index (χ0n) is 22.8. The molecule has 0 bridgehead atoms. The van der Waals surface area contributed by atoms with Gasteiger partial charge in [0.05, 0.1) is 24.5 Å². The highest BCUT2D eigenvalue weighted by atomic mass is 16.4. The van der Waals surface area contributed by atoms with Crippen molar-refractivity contribution in [3.63, 3.8) is 0 Å². The van der Waals surface area contributed by atoms with E-state index in [-0.39, 0.29) is 12.8 Å². The minimum Gasteiger partial charge on any atom is -0.481 e. The van der Waals surface area contributed by atoms with Gasteiger partial charge in [-0.25, -0.2) is 9.97 Å². The summed E-state index contributed by atoms with van der Waals surface area (Å²) in [4.78, 5) is 38.2. The third-order valence-electron chi connectivity index (χ3n) is 6.28. The lowest BCUT2D eigenvalue weighted by Gasteiger charge is -2.10. The van der Waals surface area contributed by atoms with Gasteiger partial charge in [-0.05, 0) is 37.1 Å². The van der Waals surface area contributed by atoms with E-state index >= 15 is 0 Å². The fourth-order valence-electron chi connectivity index (χ4n) is 4.23. The first kappa shape index (κ1) is 30.2. The lowest BCUT2D eigenvalue weighted by molar-refractivity contribution is -0.138. The maximum atomic E-state index is 10.2. The van der Waals surface area contributed by atoms with Crippen LogP contribution in [0.5, 0.6) is 0 Å². The Bertz CT molecular complexity index is 1170. The molecule has 4 rings (SSSR count). The van der Waals surface area contributed by atoms with Gasteiger partial charge < -0.3 is 19.3 Å². The van der Waals surface area contributed by atoms with Crippen molar-refractivity contribution >= 4 is 11.9 Å². The number of imidazole rings is 2. The smallest absolute Gasteiger partial charge is 0.303 e. The molecule has 0 aliphatic carbocycles. The van der Waals surface area contributed by atoms with E-state index < -0.39 is 11.9 Å². The van der Waals surface area contributed by atoms with Crippen LogP contribution < -0.4 is 0 Å². The van der Waals surface area contributed by atoms with Crippen LogP contribution in [0.3, 0.4) is 0 Å². The molecule has 0 spiro atoms. The number of carbonyl (C=O) groups is 2. The van der Waals surface area contributed by atoms with E-state index in [4.69, 9.17) is 10.2 Å². The zero-order chi connectivity index (χ0) is 28.4. The Kier molecular flexibility index (Phi) is 13.1. The Morgan fingerprint density at radius 3 is 1.30 bits per heavy atom. The number of hydrogen-bond acceptors (Lipinski definition) is 6. The molecule has 10 heteroatoms. The van der Waals surface area contributed by atoms with Crippen LogP contribution in [0, 0.1) is 0 Å². The topological polar surface area (TPSA) is 136 Å². The van der Waals surface area contributed by atoms with Crippen LogP contribution in [0.1, 0.15) is 75.6 Å². The molecular weight excluding hydrogens is 508 g/mol. The van der Waals surface area contributed by atoms with E-state index in [0.29, 0.717) is 13.1 Å². The Hall–Kier alpha value is -4.34. The summed E-state index contributed by atoms with van der Waals surface area (Å²) in [5, 5.41) is 16.8. The number of hydrogen-bond donors (Lipinski definition) is 2. The van der Waals surface area contributed by atoms with Gasteiger partial charge in [0.1, 0.15) is 0 Å². The number of unbranched alkanes of at least 4 members (excludes halogenated alkanes) is 7. The number of nitrogens with zero attached hydrogens (tertiary/aromatic N) is 6. The molecule has 0 aliphatic rings. The van der Waals surface area contributed by atoms with Crippen LogP contribution in [-0.4, -0.2) is 51.2 Å². The van der Waals surface area contributed by atoms with Gasteiger partial charge in [0.25, 0.3) is 0 Å². The average Bonchev–Trinajstić information content (AvgIpc) is 3.60. The lowest BCUT2D eigenvalue weighted by atomic mass is 10.1. The van der Waals surface area contributed by atoms with Gasteiger partial charge in [-0.1, -0.05) is 50.7 Å². The van der Waals surface area contributed by atoms with Gasteiger partial charge in [0, 0.05) is 50.0 Å². The first-order valence-electron chi connectivity index (χ1n) is 13.8. The molecule has 0 aliphatic heterocycles. The molecule has 0 atom stereocenters. The minimum absolute atomic E-state index is 0.276. The summed E-state index contributed by atoms with van der Waals surface area (Å²) >= 11 is 0. The largest absolute Gasteiger partial charge is 0.481 e. The highest BCUT2D eigenvalue weighted by Crippen LogP contribution is 2.18. The number of pyridine rings is 2. The van der Waals surface area contributed by atoms with E-state index in [1.54, 1.807) is 24.8 Å². The predicted molar refractivity (Wildman–Crippen MR) is 152 cm³/mol. The molecule has 4 heterocycles. The van der Waals surface area contributed by atoms with Crippen molar-refractivity contribution in [3.8, 4) is 11.6 Å². The summed E-state index contributed by atoms with van der Waals surface area (Å²) in [5.41, 5.74) is 1.97. The van der Waals surface area contributed by atoms with Crippen LogP contribution in [0.25, 0.3) is 11.6 Å². The first-order chi connectivity index (χ1) is 19.5. The molecule has 4 aromatic heterocycles. The first-order valence-corrected chi connectivity index (χ1v) is 13.8. The predicted octanol–water partition coefficient (Wildman–Crippen LogP) is 5.69. The van der Waals surface area contributed by atoms with E-state index in [0.717, 1.165) is 74.4 Å². The van der Waals surface area contributed by atoms with Gasteiger partial charge >= 0.3 is 11.9 Å². The molecule has 10 nitrogen and oxygen atoms in total. The summed E-state index contributed by atoms with van der Waals surface area (Å²) in [5.74, 6) is 0.213. The molecule has 0 fully saturated rings. The molecule has 0 radical (unpaired) electrons. The lowest BCUT2D eigenvalue weighted by Crippen LogP contribution is -2.08. The van der Waals surface area contributed by atoms with Gasteiger partial charge in [-0.2, -0.15) is 0 Å². The van der Waals surface area contributed by atoms with Crippen LogP contribution in [0.2, 0.25) is 0 Å². The Morgan fingerprint density at radius 2 is 0.950 bits per heavy atom. The monoisotopic (exact) mass is 546 g/mol. The molecule has 0 aromatic carbocycles. The molecule has 0 amide bonds. The number of aliphatic carboxylic acids is 2. The maximum Gasteiger partial charge on any atom is 0.303 e. The Morgan fingerprint density at radius 1 is 0.550 bits per heavy atom. The average molecular weight is 547 g/mol. The number of carboxylic acid groups (broad SMARTS) is 2. The van der Waals surface area contributed by atoms with Crippen molar-refractivity contribution in [1.82, 2.24) is 29.1 Å². The van der Waals surface area contributed by atoms with Gasteiger partial charge in [0.2, 0.25) is 0 Å². The second-order valence-corrected chi connectivity index (χ2v) is 9.52. The van der Waals surface area contributed by atoms with Crippen molar-refractivity contribution in [2.24, 2.45) is 0 Å². The quantitative estimate of drug-likeness (QED) is 0.171. The van der Waals surface area contributed by atoms with E-state index in [2.05, 4.69) is 29.1 Å². The second kappa shape index (κ2) is 17.3. The summed E-state index contributed by atoms with van der Waals surface area (Å²) in [6.07, 6.45) is 19.6. The fourth-order valence-corrected chi connectivity index (χ4v) is 4.23. The number of carboxylic acids is 2. The van der Waals surface area contributed by atoms with Crippen LogP contribution in [0.4, 0.5) is 0 Å². The molecule has 0 unspecified atom stereocenters. The van der Waals surface area contributed by atoms with Crippen molar-refractivity contribution in [1.29, 1.82) is 0 Å². The van der Waals surface area contributed by atoms with Crippen LogP contribution in [-0.2, 0) is 22.7 Å². The van der Waals surface area contributed by atoms with Gasteiger partial charge in [0.15, 0.2) is 11.6 Å². The van der Waals surface area contributed by atoms with E-state index in [1.807, 2.05) is 48.8 Å². The van der Waals surface area contributed by atoms with E-state index in [1.165, 1.54) is 0 Å². The van der Waals surface area contributed by atoms with Crippen LogP contribution in [0.15, 0.2) is 73.6 Å². The fraction of sp³-hybridized carbons (Fsp3) is 0.400. The summed E-state index contributed by atoms with van der Waals surface area (Å²) in [6.45, 7) is 1.32. The minimum atomic E-state index is -0.714. The highest BCUT2D eigenvalue weighted by molar-refractivity contribution is 5.66. The van der Waals surface area contributed by atoms with Gasteiger partial charge in [-0.3, -0.25) is 19.6 Å². The SMILES string of the molecule is O=C(O)CCCCCCCCCCC(=O)O.c1ccc(Cn2ccnc2-c2nccn2Cc2ccccn2)nc1. The molecule has 4 aromatic rings. The summed E-state index contributed by atoms with van der Waals surface area (Å²) in [7, 11) is 0. The molecule has 2 N–H and O–H groups in total. The van der Waals surface area contributed by atoms with Crippen molar-refractivity contribution < 1.29 is 19.8 Å². The van der Waals surface area contributed by atoms with E-state index in [9.17, 15) is 9.59 Å². The maximum absolute atomic E-state index is 10.2. The molecule has 212 valence electrons. The summed E-state index contributed by atoms with van der Waals surface area (Å²) < 4.78 is 4.11. The van der Waals surface area contributed by atoms with Gasteiger partial charge in [-0.15, -0.1) is 0 Å². The van der Waals surface area contributed by atoms with Crippen molar-refractivity contribution in [2.45, 2.75) is 77.3 Å². The highest BCUT2D eigenvalue weighted by Gasteiger charge is 2.13. The molecule has 0 saturated heterocycles. The molecule has 0 saturated carbocycles. The normalized spacial score (nSPS) is 10.6. The standard InChI is InChI=1S/C18H16N6.C12H22O4/c1-3-7-19-15(5-1)13-23-11-9-21-17(23)18-22-10-12-24(18)14-16-6-2-4-8-20-16;13-11(14)9-7-5-3-1-2-4-6-8-10-12(15)16/h1-12H,13-14H2;1-10H2,(H,13,14)(H,15,16). The number of rotatable bonds is 16. The van der Waals surface area contributed by atoms with Crippen molar-refractivity contribution in [2.75, 3.05) is 0 Å². The van der Waals surface area contributed by atoms with Crippen molar-refractivity contribution in [3.05, 3.63) is 85.0 Å². The molecular formula is C30H38N6O4. The Labute approximate surface area is 234 Å². The number of aromatic nitrogens is 6. The third-order valence-corrected chi connectivity index (χ3v) is 6.28. The zero-order valence-corrected chi connectivity index (χ0v) is 22.8. The van der Waals surface area contributed by atoms with Crippen LogP contribution >= 0.6 is 0 Å².